The molecule has 1 N–H and O–H groups in total. The Hall–Kier alpha value is -2.43. The minimum Gasteiger partial charge on any atom is -0.311 e. The summed E-state index contributed by atoms with van der Waals surface area (Å²) in [5, 5.41) is 7.03. The van der Waals surface area contributed by atoms with E-state index < -0.39 is 0 Å². The van der Waals surface area contributed by atoms with Crippen molar-refractivity contribution >= 4 is 17.5 Å². The van der Waals surface area contributed by atoms with Crippen LogP contribution in [0.4, 0.5) is 5.82 Å². The molecule has 1 aromatic carbocycles. The molecule has 3 rings (SSSR count). The fourth-order valence-corrected chi connectivity index (χ4v) is 3.31. The maximum absolute atomic E-state index is 12.4. The maximum atomic E-state index is 12.4. The molecular weight excluding hydrogens is 314 g/mol. The Kier molecular flexibility index (Phi) is 5.31. The first-order chi connectivity index (χ1) is 12.0. The number of carbonyl (C=O) groups is 2. The van der Waals surface area contributed by atoms with Crippen LogP contribution in [0.3, 0.4) is 0 Å². The summed E-state index contributed by atoms with van der Waals surface area (Å²) in [6.45, 7) is 4.00. The van der Waals surface area contributed by atoms with Gasteiger partial charge in [-0.3, -0.25) is 9.59 Å². The predicted octanol–water partition coefficient (Wildman–Crippen LogP) is 3.94. The number of fused-ring (bicyclic) bond motifs is 1. The summed E-state index contributed by atoms with van der Waals surface area (Å²) in [5.74, 6) is 0.538. The van der Waals surface area contributed by atoms with Crippen LogP contribution in [-0.4, -0.2) is 21.5 Å². The highest BCUT2D eigenvalue weighted by Gasteiger charge is 2.15. The number of rotatable bonds is 6. The summed E-state index contributed by atoms with van der Waals surface area (Å²) in [4.78, 5) is 24.6. The van der Waals surface area contributed by atoms with Gasteiger partial charge in [-0.1, -0.05) is 12.1 Å². The van der Waals surface area contributed by atoms with Gasteiger partial charge in [0.15, 0.2) is 5.78 Å². The van der Waals surface area contributed by atoms with Gasteiger partial charge in [-0.05, 0) is 56.7 Å². The van der Waals surface area contributed by atoms with Gasteiger partial charge in [0.25, 0.3) is 0 Å². The molecule has 0 unspecified atom stereocenters. The van der Waals surface area contributed by atoms with Crippen LogP contribution in [0.15, 0.2) is 30.5 Å². The van der Waals surface area contributed by atoms with E-state index in [4.69, 9.17) is 0 Å². The SMILES string of the molecule is CC(C)n1nccc1NC(=O)CCC(=O)c1ccc2c(c1)CCCC2. The molecule has 0 bridgehead atoms. The van der Waals surface area contributed by atoms with Gasteiger partial charge >= 0.3 is 0 Å². The van der Waals surface area contributed by atoms with E-state index in [-0.39, 0.29) is 30.6 Å². The van der Waals surface area contributed by atoms with Crippen molar-refractivity contribution < 1.29 is 9.59 Å². The lowest BCUT2D eigenvalue weighted by atomic mass is 9.89. The number of anilines is 1. The van der Waals surface area contributed by atoms with Gasteiger partial charge in [-0.2, -0.15) is 5.10 Å². The van der Waals surface area contributed by atoms with E-state index >= 15 is 0 Å². The molecule has 1 aliphatic rings. The van der Waals surface area contributed by atoms with Crippen molar-refractivity contribution in [2.45, 2.75) is 58.4 Å². The first-order valence-corrected chi connectivity index (χ1v) is 9.03. The number of carbonyl (C=O) groups excluding carboxylic acids is 2. The summed E-state index contributed by atoms with van der Waals surface area (Å²) in [6.07, 6.45) is 6.64. The van der Waals surface area contributed by atoms with Crippen molar-refractivity contribution in [1.82, 2.24) is 9.78 Å². The molecule has 1 aromatic heterocycles. The van der Waals surface area contributed by atoms with Crippen LogP contribution >= 0.6 is 0 Å². The second-order valence-electron chi connectivity index (χ2n) is 6.92. The lowest BCUT2D eigenvalue weighted by Gasteiger charge is -2.16. The molecule has 5 nitrogen and oxygen atoms in total. The molecule has 0 atom stereocenters. The molecule has 1 amide bonds. The third-order valence-electron chi connectivity index (χ3n) is 4.68. The average molecular weight is 339 g/mol. The van der Waals surface area contributed by atoms with E-state index in [9.17, 15) is 9.59 Å². The summed E-state index contributed by atoms with van der Waals surface area (Å²) in [5.41, 5.74) is 3.38. The number of Topliss-reactive ketones (excluding diaryl/α,β-unsaturated/α-hetero) is 1. The van der Waals surface area contributed by atoms with Gasteiger partial charge in [-0.15, -0.1) is 0 Å². The second kappa shape index (κ2) is 7.64. The standard InChI is InChI=1S/C20H25N3O2/c1-14(2)23-19(11-12-21-23)22-20(25)10-9-18(24)17-8-7-15-5-3-4-6-16(15)13-17/h7-8,11-14H,3-6,9-10H2,1-2H3,(H,22,25). The fraction of sp³-hybridized carbons (Fsp3) is 0.450. The van der Waals surface area contributed by atoms with Gasteiger partial charge in [0.05, 0.1) is 6.20 Å². The van der Waals surface area contributed by atoms with Crippen molar-refractivity contribution in [3.63, 3.8) is 0 Å². The van der Waals surface area contributed by atoms with E-state index in [1.807, 2.05) is 26.0 Å². The Morgan fingerprint density at radius 1 is 1.12 bits per heavy atom. The third kappa shape index (κ3) is 4.16. The van der Waals surface area contributed by atoms with Crippen LogP contribution in [0.1, 0.15) is 67.1 Å². The zero-order valence-electron chi connectivity index (χ0n) is 14.9. The van der Waals surface area contributed by atoms with Crippen LogP contribution in [-0.2, 0) is 17.6 Å². The summed E-state index contributed by atoms with van der Waals surface area (Å²) < 4.78 is 1.75. The monoisotopic (exact) mass is 339 g/mol. The predicted molar refractivity (Wildman–Crippen MR) is 97.9 cm³/mol. The van der Waals surface area contributed by atoms with Crippen LogP contribution in [0.2, 0.25) is 0 Å². The third-order valence-corrected chi connectivity index (χ3v) is 4.68. The average Bonchev–Trinajstić information content (AvgIpc) is 3.07. The number of nitrogens with one attached hydrogen (secondary N) is 1. The lowest BCUT2D eigenvalue weighted by Crippen LogP contribution is -2.17. The summed E-state index contributed by atoms with van der Waals surface area (Å²) in [6, 6.07) is 7.93. The molecular formula is C20H25N3O2. The van der Waals surface area contributed by atoms with Crippen LogP contribution < -0.4 is 5.32 Å². The number of hydrogen-bond donors (Lipinski definition) is 1. The number of benzene rings is 1. The Labute approximate surface area is 148 Å². The molecule has 1 aliphatic carbocycles. The van der Waals surface area contributed by atoms with Gasteiger partial charge in [0.1, 0.15) is 5.82 Å². The molecule has 0 spiro atoms. The number of aromatic nitrogens is 2. The lowest BCUT2D eigenvalue weighted by molar-refractivity contribution is -0.116. The quantitative estimate of drug-likeness (QED) is 0.811. The van der Waals surface area contributed by atoms with Crippen LogP contribution in [0.5, 0.6) is 0 Å². The normalized spacial score (nSPS) is 13.6. The molecule has 0 aliphatic heterocycles. The minimum absolute atomic E-state index is 0.0286. The van der Waals surface area contributed by atoms with Crippen molar-refractivity contribution in [2.24, 2.45) is 0 Å². The largest absolute Gasteiger partial charge is 0.311 e. The molecule has 2 aromatic rings. The molecule has 25 heavy (non-hydrogen) atoms. The molecule has 132 valence electrons. The fourth-order valence-electron chi connectivity index (χ4n) is 3.31. The van der Waals surface area contributed by atoms with Gasteiger partial charge in [0, 0.05) is 30.5 Å². The van der Waals surface area contributed by atoms with Crippen molar-refractivity contribution in [2.75, 3.05) is 5.32 Å². The highest BCUT2D eigenvalue weighted by atomic mass is 16.2. The van der Waals surface area contributed by atoms with Gasteiger partial charge < -0.3 is 5.32 Å². The highest BCUT2D eigenvalue weighted by molar-refractivity contribution is 6.00. The second-order valence-corrected chi connectivity index (χ2v) is 6.92. The number of ketones is 1. The van der Waals surface area contributed by atoms with E-state index in [1.54, 1.807) is 16.9 Å². The van der Waals surface area contributed by atoms with Crippen LogP contribution in [0.25, 0.3) is 0 Å². The van der Waals surface area contributed by atoms with E-state index in [0.717, 1.165) is 18.4 Å². The minimum atomic E-state index is -0.159. The Morgan fingerprint density at radius 3 is 2.64 bits per heavy atom. The zero-order valence-corrected chi connectivity index (χ0v) is 14.9. The summed E-state index contributed by atoms with van der Waals surface area (Å²) in [7, 11) is 0. The van der Waals surface area contributed by atoms with Crippen LogP contribution in [0, 0.1) is 0 Å². The zero-order chi connectivity index (χ0) is 17.8. The number of nitrogens with zero attached hydrogens (tertiary/aromatic N) is 2. The first-order valence-electron chi connectivity index (χ1n) is 9.03. The van der Waals surface area contributed by atoms with Crippen molar-refractivity contribution in [3.05, 3.63) is 47.2 Å². The van der Waals surface area contributed by atoms with E-state index in [2.05, 4.69) is 16.5 Å². The Morgan fingerprint density at radius 2 is 1.88 bits per heavy atom. The Balaban J connectivity index is 1.57. The molecule has 0 fully saturated rings. The smallest absolute Gasteiger partial charge is 0.225 e. The van der Waals surface area contributed by atoms with Crippen molar-refractivity contribution in [3.8, 4) is 0 Å². The molecule has 0 saturated heterocycles. The van der Waals surface area contributed by atoms with E-state index in [1.165, 1.54) is 24.0 Å². The summed E-state index contributed by atoms with van der Waals surface area (Å²) >= 11 is 0. The van der Waals surface area contributed by atoms with Gasteiger partial charge in [-0.25, -0.2) is 4.68 Å². The topological polar surface area (TPSA) is 64.0 Å². The molecule has 0 radical (unpaired) electrons. The van der Waals surface area contributed by atoms with Crippen molar-refractivity contribution in [1.29, 1.82) is 0 Å². The number of amides is 1. The molecule has 1 heterocycles. The van der Waals surface area contributed by atoms with Gasteiger partial charge in [0.2, 0.25) is 5.91 Å². The van der Waals surface area contributed by atoms with E-state index in [0.29, 0.717) is 5.82 Å². The number of hydrogen-bond acceptors (Lipinski definition) is 3. The molecule has 0 saturated carbocycles. The Bertz CT molecular complexity index is 777. The molecule has 5 heteroatoms. The first kappa shape index (κ1) is 17.4. The highest BCUT2D eigenvalue weighted by Crippen LogP contribution is 2.23. The number of aryl methyl sites for hydroxylation is 2. The maximum Gasteiger partial charge on any atom is 0.225 e.